The first-order chi connectivity index (χ1) is 11.1. The number of hydrogen-bond donors (Lipinski definition) is 4. The lowest BCUT2D eigenvalue weighted by molar-refractivity contribution is -0.384. The van der Waals surface area contributed by atoms with Crippen LogP contribution in [0.4, 0.5) is 17.1 Å². The number of rotatable bonds is 5. The van der Waals surface area contributed by atoms with Gasteiger partial charge < -0.3 is 15.5 Å². The van der Waals surface area contributed by atoms with E-state index >= 15 is 0 Å². The second-order valence-electron chi connectivity index (χ2n) is 4.64. The molecule has 126 valence electrons. The lowest BCUT2D eigenvalue weighted by Gasteiger charge is -2.10. The number of carboxylic acid groups (broad SMARTS) is 1. The zero-order valence-corrected chi connectivity index (χ0v) is 12.6. The van der Waals surface area contributed by atoms with Crippen molar-refractivity contribution in [1.82, 2.24) is 0 Å². The standard InChI is InChI=1S/C13H11N3O7S/c14-24(22,23)8-2-4-9(11(6-8)16(20)21)15-10-3-1-7(13(18)19)5-12(10)17/h1-6,15,17H,(H,18,19)(H2,14,22,23). The van der Waals surface area contributed by atoms with Gasteiger partial charge >= 0.3 is 5.97 Å². The van der Waals surface area contributed by atoms with Crippen LogP contribution in [0.25, 0.3) is 0 Å². The van der Waals surface area contributed by atoms with Crippen LogP contribution in [-0.2, 0) is 10.0 Å². The monoisotopic (exact) mass is 353 g/mol. The topological polar surface area (TPSA) is 173 Å². The molecule has 0 aliphatic rings. The number of aromatic hydroxyl groups is 1. The molecule has 0 spiro atoms. The summed E-state index contributed by atoms with van der Waals surface area (Å²) in [6, 6.07) is 6.33. The van der Waals surface area contributed by atoms with Crippen LogP contribution in [0.5, 0.6) is 5.75 Å². The molecule has 2 rings (SSSR count). The lowest BCUT2D eigenvalue weighted by atomic mass is 10.1. The molecule has 0 fully saturated rings. The third-order valence-corrected chi connectivity index (χ3v) is 3.92. The van der Waals surface area contributed by atoms with Gasteiger partial charge in [-0.2, -0.15) is 0 Å². The number of nitrogens with two attached hydrogens (primary N) is 1. The van der Waals surface area contributed by atoms with Crippen LogP contribution >= 0.6 is 0 Å². The Labute approximate surface area is 135 Å². The van der Waals surface area contributed by atoms with Crippen molar-refractivity contribution in [2.75, 3.05) is 5.32 Å². The van der Waals surface area contributed by atoms with E-state index < -0.39 is 37.2 Å². The summed E-state index contributed by atoms with van der Waals surface area (Å²) in [4.78, 5) is 20.7. The molecule has 2 aromatic carbocycles. The summed E-state index contributed by atoms with van der Waals surface area (Å²) in [5.41, 5.74) is -0.849. The van der Waals surface area contributed by atoms with E-state index in [1.165, 1.54) is 12.1 Å². The SMILES string of the molecule is NS(=O)(=O)c1ccc(Nc2ccc(C(=O)O)cc2O)c([N+](=O)[O-])c1. The van der Waals surface area contributed by atoms with Crippen molar-refractivity contribution in [3.8, 4) is 5.75 Å². The fourth-order valence-electron chi connectivity index (χ4n) is 1.86. The van der Waals surface area contributed by atoms with Crippen molar-refractivity contribution in [3.63, 3.8) is 0 Å². The molecule has 0 aromatic heterocycles. The van der Waals surface area contributed by atoms with E-state index in [4.69, 9.17) is 10.2 Å². The third-order valence-electron chi connectivity index (χ3n) is 3.01. The zero-order chi connectivity index (χ0) is 18.1. The number of primary sulfonamides is 1. The molecule has 10 nitrogen and oxygen atoms in total. The highest BCUT2D eigenvalue weighted by Gasteiger charge is 2.20. The second-order valence-corrected chi connectivity index (χ2v) is 6.20. The average Bonchev–Trinajstić information content (AvgIpc) is 2.48. The molecule has 0 saturated carbocycles. The van der Waals surface area contributed by atoms with E-state index in [0.717, 1.165) is 24.3 Å². The Morgan fingerprint density at radius 1 is 1.17 bits per heavy atom. The van der Waals surface area contributed by atoms with E-state index in [0.29, 0.717) is 0 Å². The number of nitro benzene ring substituents is 1. The summed E-state index contributed by atoms with van der Waals surface area (Å²) in [5, 5.41) is 37.2. The number of hydrogen-bond acceptors (Lipinski definition) is 7. The van der Waals surface area contributed by atoms with Crippen LogP contribution in [0, 0.1) is 10.1 Å². The first kappa shape index (κ1) is 17.2. The molecule has 2 aromatic rings. The van der Waals surface area contributed by atoms with Gasteiger partial charge in [0.1, 0.15) is 11.4 Å². The van der Waals surface area contributed by atoms with Gasteiger partial charge in [-0.05, 0) is 30.3 Å². The van der Waals surface area contributed by atoms with E-state index in [-0.39, 0.29) is 16.9 Å². The van der Waals surface area contributed by atoms with Crippen molar-refractivity contribution < 1.29 is 28.3 Å². The van der Waals surface area contributed by atoms with E-state index in [1.807, 2.05) is 0 Å². The number of anilines is 2. The lowest BCUT2D eigenvalue weighted by Crippen LogP contribution is -2.12. The first-order valence-electron chi connectivity index (χ1n) is 6.24. The maximum absolute atomic E-state index is 11.3. The Hall–Kier alpha value is -3.18. The van der Waals surface area contributed by atoms with Crippen LogP contribution in [0.2, 0.25) is 0 Å². The normalized spacial score (nSPS) is 11.0. The van der Waals surface area contributed by atoms with Crippen molar-refractivity contribution >= 4 is 33.1 Å². The second kappa shape index (κ2) is 6.14. The molecule has 0 amide bonds. The quantitative estimate of drug-likeness (QED) is 0.354. The number of benzene rings is 2. The van der Waals surface area contributed by atoms with Crippen LogP contribution in [0.15, 0.2) is 41.3 Å². The van der Waals surface area contributed by atoms with Gasteiger partial charge in [0, 0.05) is 6.07 Å². The van der Waals surface area contributed by atoms with Gasteiger partial charge in [0.2, 0.25) is 10.0 Å². The van der Waals surface area contributed by atoms with E-state index in [9.17, 15) is 28.4 Å². The summed E-state index contributed by atoms with van der Waals surface area (Å²) < 4.78 is 22.5. The smallest absolute Gasteiger partial charge is 0.335 e. The largest absolute Gasteiger partial charge is 0.506 e. The predicted octanol–water partition coefficient (Wildman–Crippen LogP) is 1.39. The van der Waals surface area contributed by atoms with Crippen molar-refractivity contribution in [1.29, 1.82) is 0 Å². The third kappa shape index (κ3) is 3.59. The molecule has 0 radical (unpaired) electrons. The molecule has 0 unspecified atom stereocenters. The highest BCUT2D eigenvalue weighted by molar-refractivity contribution is 7.89. The van der Waals surface area contributed by atoms with Crippen LogP contribution in [-0.4, -0.2) is 29.5 Å². The highest BCUT2D eigenvalue weighted by Crippen LogP contribution is 2.33. The number of sulfonamides is 1. The number of nitrogens with zero attached hydrogens (tertiary/aromatic N) is 1. The molecule has 5 N–H and O–H groups in total. The molecular formula is C13H11N3O7S. The number of phenolic OH excluding ortho intramolecular Hbond substituents is 1. The Bertz CT molecular complexity index is 941. The average molecular weight is 353 g/mol. The number of carboxylic acids is 1. The Kier molecular flexibility index (Phi) is 4.39. The number of nitrogens with one attached hydrogen (secondary N) is 1. The summed E-state index contributed by atoms with van der Waals surface area (Å²) in [6.45, 7) is 0. The minimum Gasteiger partial charge on any atom is -0.506 e. The fourth-order valence-corrected chi connectivity index (χ4v) is 2.39. The van der Waals surface area contributed by atoms with Gasteiger partial charge in [-0.3, -0.25) is 10.1 Å². The fraction of sp³-hybridized carbons (Fsp3) is 0. The molecular weight excluding hydrogens is 342 g/mol. The van der Waals surface area contributed by atoms with Crippen molar-refractivity contribution in [2.24, 2.45) is 5.14 Å². The molecule has 11 heteroatoms. The molecule has 0 aliphatic carbocycles. The molecule has 0 bridgehead atoms. The molecule has 0 saturated heterocycles. The highest BCUT2D eigenvalue weighted by atomic mass is 32.2. The molecule has 24 heavy (non-hydrogen) atoms. The first-order valence-corrected chi connectivity index (χ1v) is 7.79. The minimum absolute atomic E-state index is 0.00598. The van der Waals surface area contributed by atoms with Gasteiger partial charge in [-0.1, -0.05) is 0 Å². The van der Waals surface area contributed by atoms with Gasteiger partial charge in [0.05, 0.1) is 21.1 Å². The zero-order valence-electron chi connectivity index (χ0n) is 11.8. The van der Waals surface area contributed by atoms with Crippen LogP contribution < -0.4 is 10.5 Å². The number of phenols is 1. The summed E-state index contributed by atoms with van der Waals surface area (Å²) in [7, 11) is -4.12. The molecule has 0 atom stereocenters. The summed E-state index contributed by atoms with van der Waals surface area (Å²) in [5.74, 6) is -1.69. The maximum Gasteiger partial charge on any atom is 0.335 e. The summed E-state index contributed by atoms with van der Waals surface area (Å²) >= 11 is 0. The minimum atomic E-state index is -4.12. The Balaban J connectivity index is 2.46. The van der Waals surface area contributed by atoms with Crippen LogP contribution in [0.1, 0.15) is 10.4 Å². The molecule has 0 aliphatic heterocycles. The van der Waals surface area contributed by atoms with E-state index in [1.54, 1.807) is 0 Å². The number of carbonyl (C=O) groups is 1. The van der Waals surface area contributed by atoms with Gasteiger partial charge in [0.25, 0.3) is 5.69 Å². The van der Waals surface area contributed by atoms with Gasteiger partial charge in [-0.25, -0.2) is 18.4 Å². The Morgan fingerprint density at radius 3 is 2.29 bits per heavy atom. The Morgan fingerprint density at radius 2 is 1.79 bits per heavy atom. The number of nitro groups is 1. The predicted molar refractivity (Wildman–Crippen MR) is 82.8 cm³/mol. The summed E-state index contributed by atoms with van der Waals surface area (Å²) in [6.07, 6.45) is 0. The van der Waals surface area contributed by atoms with Crippen molar-refractivity contribution in [3.05, 3.63) is 52.1 Å². The van der Waals surface area contributed by atoms with Gasteiger partial charge in [0.15, 0.2) is 0 Å². The maximum atomic E-state index is 11.3. The van der Waals surface area contributed by atoms with Crippen molar-refractivity contribution in [2.45, 2.75) is 4.90 Å². The van der Waals surface area contributed by atoms with E-state index in [2.05, 4.69) is 5.32 Å². The number of aromatic carboxylic acids is 1. The van der Waals surface area contributed by atoms with Crippen LogP contribution in [0.3, 0.4) is 0 Å². The van der Waals surface area contributed by atoms with Gasteiger partial charge in [-0.15, -0.1) is 0 Å². The molecule has 0 heterocycles.